The van der Waals surface area contributed by atoms with Gasteiger partial charge in [-0.05, 0) is 41.8 Å². The molecule has 1 aromatic heterocycles. The number of aromatic nitrogens is 1. The van der Waals surface area contributed by atoms with Crippen LogP contribution in [0.25, 0.3) is 0 Å². The van der Waals surface area contributed by atoms with Crippen molar-refractivity contribution >= 4 is 26.0 Å². The van der Waals surface area contributed by atoms with E-state index in [1.54, 1.807) is 6.20 Å². The maximum Gasteiger partial charge on any atom is 0.242 e. The van der Waals surface area contributed by atoms with Crippen molar-refractivity contribution in [2.24, 2.45) is 0 Å². The molecule has 1 N–H and O–H groups in total. The van der Waals surface area contributed by atoms with Crippen molar-refractivity contribution in [2.45, 2.75) is 36.8 Å². The van der Waals surface area contributed by atoms with Crippen LogP contribution in [0.1, 0.15) is 19.8 Å². The first-order valence-electron chi connectivity index (χ1n) is 5.73. The Kier molecular flexibility index (Phi) is 4.37. The van der Waals surface area contributed by atoms with Crippen LogP contribution in [0, 0.1) is 0 Å². The molecular weight excluding hydrogens is 320 g/mol. The van der Waals surface area contributed by atoms with Crippen LogP contribution >= 0.6 is 15.9 Å². The lowest BCUT2D eigenvalue weighted by Crippen LogP contribution is -2.40. The van der Waals surface area contributed by atoms with Crippen LogP contribution in [-0.4, -0.2) is 32.2 Å². The second kappa shape index (κ2) is 5.64. The Balaban J connectivity index is 2.11. The molecule has 0 bridgehead atoms. The number of hydrogen-bond donors (Lipinski definition) is 1. The summed E-state index contributed by atoms with van der Waals surface area (Å²) in [7, 11) is -3.54. The van der Waals surface area contributed by atoms with Crippen LogP contribution in [0.2, 0.25) is 0 Å². The van der Waals surface area contributed by atoms with Gasteiger partial charge in [-0.15, -0.1) is 0 Å². The topological polar surface area (TPSA) is 68.3 Å². The van der Waals surface area contributed by atoms with Gasteiger partial charge in [0.1, 0.15) is 4.90 Å². The lowest BCUT2D eigenvalue weighted by molar-refractivity contribution is 0.0902. The summed E-state index contributed by atoms with van der Waals surface area (Å²) in [6, 6.07) is 1.29. The molecule has 0 spiro atoms. The number of hydrogen-bond acceptors (Lipinski definition) is 4. The van der Waals surface area contributed by atoms with Gasteiger partial charge in [0.05, 0.1) is 6.10 Å². The summed E-state index contributed by atoms with van der Waals surface area (Å²) in [5, 5.41) is 0. The molecule has 2 atom stereocenters. The molecule has 7 heteroatoms. The smallest absolute Gasteiger partial charge is 0.242 e. The third-order valence-corrected chi connectivity index (χ3v) is 4.81. The van der Waals surface area contributed by atoms with Gasteiger partial charge >= 0.3 is 0 Å². The zero-order valence-corrected chi connectivity index (χ0v) is 12.4. The zero-order valence-electron chi connectivity index (χ0n) is 9.97. The summed E-state index contributed by atoms with van der Waals surface area (Å²) >= 11 is 3.21. The first-order valence-corrected chi connectivity index (χ1v) is 8.01. The summed E-state index contributed by atoms with van der Waals surface area (Å²) in [6.07, 6.45) is 4.70. The number of halogens is 1. The minimum atomic E-state index is -3.54. The van der Waals surface area contributed by atoms with Crippen molar-refractivity contribution in [3.63, 3.8) is 0 Å². The number of nitrogens with zero attached hydrogens (tertiary/aromatic N) is 1. The fourth-order valence-electron chi connectivity index (χ4n) is 1.92. The Morgan fingerprint density at radius 1 is 1.56 bits per heavy atom. The summed E-state index contributed by atoms with van der Waals surface area (Å²) in [5.41, 5.74) is 0. The van der Waals surface area contributed by atoms with Crippen LogP contribution in [0.5, 0.6) is 0 Å². The van der Waals surface area contributed by atoms with Crippen LogP contribution in [0.15, 0.2) is 27.8 Å². The Bertz CT molecular complexity index is 515. The molecule has 1 fully saturated rings. The number of sulfonamides is 1. The normalized spacial score (nSPS) is 22.0. The molecule has 2 rings (SSSR count). The lowest BCUT2D eigenvalue weighted by Gasteiger charge is -2.19. The van der Waals surface area contributed by atoms with E-state index in [1.165, 1.54) is 12.3 Å². The predicted octanol–water partition coefficient (Wildman–Crippen LogP) is 1.69. The van der Waals surface area contributed by atoms with Crippen molar-refractivity contribution in [3.05, 3.63) is 22.9 Å². The highest BCUT2D eigenvalue weighted by Gasteiger charge is 2.27. The third kappa shape index (κ3) is 3.28. The highest BCUT2D eigenvalue weighted by molar-refractivity contribution is 9.10. The molecule has 0 aliphatic carbocycles. The summed E-state index contributed by atoms with van der Waals surface area (Å²) in [6.45, 7) is 2.52. The maximum atomic E-state index is 12.1. The minimum Gasteiger partial charge on any atom is -0.377 e. The number of ether oxygens (including phenoxy) is 1. The van der Waals surface area contributed by atoms with Gasteiger partial charge in [-0.1, -0.05) is 0 Å². The number of pyridine rings is 1. The van der Waals surface area contributed by atoms with Crippen molar-refractivity contribution < 1.29 is 13.2 Å². The Labute approximate surface area is 115 Å². The predicted molar refractivity (Wildman–Crippen MR) is 70.7 cm³/mol. The van der Waals surface area contributed by atoms with Crippen LogP contribution < -0.4 is 4.72 Å². The Morgan fingerprint density at radius 3 is 2.94 bits per heavy atom. The van der Waals surface area contributed by atoms with E-state index in [9.17, 15) is 8.42 Å². The Hall–Kier alpha value is -0.500. The molecule has 0 saturated carbocycles. The van der Waals surface area contributed by atoms with Crippen LogP contribution in [0.3, 0.4) is 0 Å². The van der Waals surface area contributed by atoms with Gasteiger partial charge in [0.15, 0.2) is 0 Å². The second-order valence-corrected chi connectivity index (χ2v) is 6.93. The van der Waals surface area contributed by atoms with E-state index in [0.29, 0.717) is 11.1 Å². The van der Waals surface area contributed by atoms with Gasteiger partial charge in [-0.25, -0.2) is 13.1 Å². The van der Waals surface area contributed by atoms with Gasteiger partial charge in [0, 0.05) is 29.5 Å². The third-order valence-electron chi connectivity index (χ3n) is 2.85. The van der Waals surface area contributed by atoms with E-state index in [-0.39, 0.29) is 17.0 Å². The standard InChI is InChI=1S/C11H15BrN2O3S/c1-8(11-3-2-4-17-11)14-18(15,16)10-5-9(12)6-13-7-10/h5-8,11,14H,2-4H2,1H3. The molecule has 18 heavy (non-hydrogen) atoms. The van der Waals surface area contributed by atoms with Crippen molar-refractivity contribution in [1.29, 1.82) is 0 Å². The molecule has 1 aromatic rings. The summed E-state index contributed by atoms with van der Waals surface area (Å²) < 4.78 is 33.0. The van der Waals surface area contributed by atoms with E-state index >= 15 is 0 Å². The monoisotopic (exact) mass is 334 g/mol. The fourth-order valence-corrected chi connectivity index (χ4v) is 3.70. The molecular formula is C11H15BrN2O3S. The van der Waals surface area contributed by atoms with Crippen molar-refractivity contribution in [1.82, 2.24) is 9.71 Å². The van der Waals surface area contributed by atoms with E-state index in [1.807, 2.05) is 6.92 Å². The van der Waals surface area contributed by atoms with Crippen molar-refractivity contribution in [3.8, 4) is 0 Å². The molecule has 100 valence electrons. The molecule has 2 unspecified atom stereocenters. The largest absolute Gasteiger partial charge is 0.377 e. The molecule has 1 aliphatic rings. The molecule has 0 aromatic carbocycles. The fraction of sp³-hybridized carbons (Fsp3) is 0.545. The first-order chi connectivity index (χ1) is 8.49. The average Bonchev–Trinajstić information content (AvgIpc) is 2.82. The van der Waals surface area contributed by atoms with Crippen molar-refractivity contribution in [2.75, 3.05) is 6.61 Å². The van der Waals surface area contributed by atoms with Gasteiger partial charge in [-0.3, -0.25) is 4.98 Å². The van der Waals surface area contributed by atoms with E-state index < -0.39 is 10.0 Å². The molecule has 1 aliphatic heterocycles. The highest BCUT2D eigenvalue weighted by atomic mass is 79.9. The van der Waals surface area contributed by atoms with Gasteiger partial charge in [-0.2, -0.15) is 0 Å². The summed E-state index contributed by atoms with van der Waals surface area (Å²) in [5.74, 6) is 0. The molecule has 1 saturated heterocycles. The lowest BCUT2D eigenvalue weighted by atomic mass is 10.1. The average molecular weight is 335 g/mol. The molecule has 2 heterocycles. The molecule has 0 amide bonds. The van der Waals surface area contributed by atoms with Gasteiger partial charge in [0.25, 0.3) is 0 Å². The molecule has 0 radical (unpaired) electrons. The van der Waals surface area contributed by atoms with E-state index in [2.05, 4.69) is 25.6 Å². The van der Waals surface area contributed by atoms with Crippen LogP contribution in [-0.2, 0) is 14.8 Å². The minimum absolute atomic E-state index is 0.0418. The maximum absolute atomic E-state index is 12.1. The highest BCUT2D eigenvalue weighted by Crippen LogP contribution is 2.18. The number of rotatable bonds is 4. The summed E-state index contributed by atoms with van der Waals surface area (Å²) in [4.78, 5) is 4.01. The Morgan fingerprint density at radius 2 is 2.33 bits per heavy atom. The van der Waals surface area contributed by atoms with Gasteiger partial charge in [0.2, 0.25) is 10.0 Å². The second-order valence-electron chi connectivity index (χ2n) is 4.30. The van der Waals surface area contributed by atoms with Gasteiger partial charge < -0.3 is 4.74 Å². The van der Waals surface area contributed by atoms with E-state index in [4.69, 9.17) is 4.74 Å². The quantitative estimate of drug-likeness (QED) is 0.909. The SMILES string of the molecule is CC(NS(=O)(=O)c1cncc(Br)c1)C1CCCO1. The first kappa shape index (κ1) is 13.9. The molecule has 5 nitrogen and oxygen atoms in total. The van der Waals surface area contributed by atoms with E-state index in [0.717, 1.165) is 12.8 Å². The number of nitrogens with one attached hydrogen (secondary N) is 1. The zero-order chi connectivity index (χ0) is 13.2. The van der Waals surface area contributed by atoms with Crippen LogP contribution in [0.4, 0.5) is 0 Å².